The van der Waals surface area contributed by atoms with Gasteiger partial charge >= 0.3 is 0 Å². The van der Waals surface area contributed by atoms with Crippen molar-refractivity contribution in [2.24, 2.45) is 0 Å². The summed E-state index contributed by atoms with van der Waals surface area (Å²) in [4.78, 5) is 10.2. The van der Waals surface area contributed by atoms with Crippen molar-refractivity contribution in [2.75, 3.05) is 0 Å². The van der Waals surface area contributed by atoms with E-state index in [1.807, 2.05) is 12.1 Å². The van der Waals surface area contributed by atoms with Crippen molar-refractivity contribution in [3.05, 3.63) is 218 Å². The van der Waals surface area contributed by atoms with Gasteiger partial charge in [-0.05, 0) is 103 Å². The molecular weight excluding hydrogens is 729 g/mol. The fourth-order valence-electron chi connectivity index (χ4n) is 8.66. The maximum absolute atomic E-state index is 6.29. The molecular formula is C57H38N2O. The van der Waals surface area contributed by atoms with Crippen LogP contribution in [0.2, 0.25) is 0 Å². The summed E-state index contributed by atoms with van der Waals surface area (Å²) in [5.74, 6) is 0.634. The Labute approximate surface area is 348 Å². The second-order valence-corrected chi connectivity index (χ2v) is 15.4. The van der Waals surface area contributed by atoms with Gasteiger partial charge in [0.2, 0.25) is 5.89 Å². The van der Waals surface area contributed by atoms with Gasteiger partial charge in [-0.1, -0.05) is 188 Å². The van der Waals surface area contributed by atoms with Gasteiger partial charge in [0.05, 0.1) is 11.4 Å². The molecule has 0 aliphatic heterocycles. The third-order valence-electron chi connectivity index (χ3n) is 11.7. The zero-order chi connectivity index (χ0) is 40.0. The molecule has 0 aliphatic carbocycles. The number of hydrogen-bond donors (Lipinski definition) is 0. The van der Waals surface area contributed by atoms with Crippen molar-refractivity contribution >= 4 is 32.6 Å². The van der Waals surface area contributed by atoms with E-state index in [0.29, 0.717) is 5.89 Å². The van der Waals surface area contributed by atoms with Gasteiger partial charge in [-0.2, -0.15) is 0 Å². The fraction of sp³-hybridized carbons (Fsp3) is 0.0175. The van der Waals surface area contributed by atoms with Crippen molar-refractivity contribution < 1.29 is 4.42 Å². The number of rotatable bonds is 7. The molecule has 0 fully saturated rings. The van der Waals surface area contributed by atoms with E-state index in [2.05, 4.69) is 207 Å². The molecule has 2 aromatic heterocycles. The molecule has 2 heterocycles. The zero-order valence-corrected chi connectivity index (χ0v) is 33.0. The average molecular weight is 767 g/mol. The first-order valence-corrected chi connectivity index (χ1v) is 20.4. The van der Waals surface area contributed by atoms with Crippen molar-refractivity contribution in [2.45, 2.75) is 6.92 Å². The Morgan fingerprint density at radius 2 is 0.950 bits per heavy atom. The lowest BCUT2D eigenvalue weighted by molar-refractivity contribution is 0.620. The van der Waals surface area contributed by atoms with Crippen molar-refractivity contribution in [1.29, 1.82) is 0 Å². The SMILES string of the molecule is Cc1c(-c2ccccc2)cc(-c2ccccc2)nc1-c1ccc(-c2c(-c3ccc(-c4ccc5oc(-c6cccc7ccccc67)nc5c4)cc3)ccc3ccccc23)cc1. The first kappa shape index (κ1) is 35.3. The van der Waals surface area contributed by atoms with Crippen LogP contribution in [0.3, 0.4) is 0 Å². The summed E-state index contributed by atoms with van der Waals surface area (Å²) < 4.78 is 6.29. The van der Waals surface area contributed by atoms with Gasteiger partial charge in [-0.25, -0.2) is 9.97 Å². The number of pyridine rings is 1. The quantitative estimate of drug-likeness (QED) is 0.162. The van der Waals surface area contributed by atoms with Gasteiger partial charge in [0.15, 0.2) is 5.58 Å². The van der Waals surface area contributed by atoms with Gasteiger partial charge in [0.1, 0.15) is 5.52 Å². The summed E-state index contributed by atoms with van der Waals surface area (Å²) in [5, 5.41) is 4.72. The Balaban J connectivity index is 0.956. The van der Waals surface area contributed by atoms with Crippen LogP contribution in [0.1, 0.15) is 5.56 Å². The van der Waals surface area contributed by atoms with Crippen LogP contribution < -0.4 is 0 Å². The molecule has 3 nitrogen and oxygen atoms in total. The predicted octanol–water partition coefficient (Wildman–Crippen LogP) is 15.5. The first-order chi connectivity index (χ1) is 29.6. The molecule has 0 aliphatic rings. The molecule has 0 saturated carbocycles. The van der Waals surface area contributed by atoms with E-state index >= 15 is 0 Å². The lowest BCUT2D eigenvalue weighted by atomic mass is 9.88. The molecule has 11 rings (SSSR count). The predicted molar refractivity (Wildman–Crippen MR) is 250 cm³/mol. The average Bonchev–Trinajstić information content (AvgIpc) is 3.75. The lowest BCUT2D eigenvalue weighted by Crippen LogP contribution is -1.96. The minimum atomic E-state index is 0.634. The third-order valence-corrected chi connectivity index (χ3v) is 11.7. The zero-order valence-electron chi connectivity index (χ0n) is 33.0. The van der Waals surface area contributed by atoms with Crippen LogP contribution in [0.15, 0.2) is 217 Å². The minimum Gasteiger partial charge on any atom is -0.436 e. The van der Waals surface area contributed by atoms with Crippen LogP contribution >= 0.6 is 0 Å². The van der Waals surface area contributed by atoms with E-state index in [4.69, 9.17) is 14.4 Å². The molecule has 0 amide bonds. The highest BCUT2D eigenvalue weighted by Crippen LogP contribution is 2.41. The molecule has 0 radical (unpaired) electrons. The van der Waals surface area contributed by atoms with Gasteiger partial charge in [-0.15, -0.1) is 0 Å². The van der Waals surface area contributed by atoms with Crippen LogP contribution in [0.25, 0.3) is 111 Å². The second kappa shape index (κ2) is 14.8. The maximum atomic E-state index is 6.29. The molecule has 0 bridgehead atoms. The topological polar surface area (TPSA) is 38.9 Å². The van der Waals surface area contributed by atoms with Crippen LogP contribution in [0.5, 0.6) is 0 Å². The highest BCUT2D eigenvalue weighted by molar-refractivity contribution is 6.04. The molecule has 0 N–H and O–H groups in total. The van der Waals surface area contributed by atoms with Crippen LogP contribution in [0, 0.1) is 6.92 Å². The Bertz CT molecular complexity index is 3340. The van der Waals surface area contributed by atoms with E-state index in [1.165, 1.54) is 38.4 Å². The highest BCUT2D eigenvalue weighted by Gasteiger charge is 2.17. The smallest absolute Gasteiger partial charge is 0.227 e. The first-order valence-electron chi connectivity index (χ1n) is 20.4. The Morgan fingerprint density at radius 3 is 1.72 bits per heavy atom. The van der Waals surface area contributed by atoms with Crippen LogP contribution in [-0.4, -0.2) is 9.97 Å². The molecule has 282 valence electrons. The maximum Gasteiger partial charge on any atom is 0.227 e. The fourth-order valence-corrected chi connectivity index (χ4v) is 8.66. The number of nitrogens with zero attached hydrogens (tertiary/aromatic N) is 2. The van der Waals surface area contributed by atoms with Gasteiger partial charge in [-0.3, -0.25) is 0 Å². The summed E-state index contributed by atoms with van der Waals surface area (Å²) in [6.45, 7) is 2.19. The molecule has 0 saturated heterocycles. The molecule has 0 spiro atoms. The van der Waals surface area contributed by atoms with E-state index in [1.54, 1.807) is 0 Å². The standard InChI is InChI=1S/C57H38N2O/c1-37-51(40-13-4-2-5-14-40)36-52(43-17-6-3-7-18-43)58-56(37)45-29-27-44(28-30-45)55-48-21-11-9-16-41(48)31-33-49(55)42-25-23-38(24-26-42)46-32-34-54-53(35-46)59-57(60-54)50-22-12-19-39-15-8-10-20-47(39)50/h2-36H,1H3. The van der Waals surface area contributed by atoms with Crippen molar-refractivity contribution in [3.63, 3.8) is 0 Å². The summed E-state index contributed by atoms with van der Waals surface area (Å²) in [7, 11) is 0. The number of oxazole rings is 1. The van der Waals surface area contributed by atoms with Crippen LogP contribution in [-0.2, 0) is 0 Å². The Kier molecular flexibility index (Phi) is 8.71. The molecule has 0 unspecified atom stereocenters. The van der Waals surface area contributed by atoms with E-state index in [-0.39, 0.29) is 0 Å². The van der Waals surface area contributed by atoms with Crippen LogP contribution in [0.4, 0.5) is 0 Å². The number of aromatic nitrogens is 2. The molecule has 9 aromatic carbocycles. The highest BCUT2D eigenvalue weighted by atomic mass is 16.3. The number of benzene rings is 9. The third kappa shape index (κ3) is 6.34. The van der Waals surface area contributed by atoms with Gasteiger partial charge < -0.3 is 4.42 Å². The lowest BCUT2D eigenvalue weighted by Gasteiger charge is -2.17. The second-order valence-electron chi connectivity index (χ2n) is 15.4. The van der Waals surface area contributed by atoms with Crippen molar-refractivity contribution in [3.8, 4) is 78.5 Å². The number of hydrogen-bond acceptors (Lipinski definition) is 3. The number of fused-ring (bicyclic) bond motifs is 3. The minimum absolute atomic E-state index is 0.634. The van der Waals surface area contributed by atoms with E-state index in [0.717, 1.165) is 72.4 Å². The molecule has 3 heteroatoms. The van der Waals surface area contributed by atoms with Crippen molar-refractivity contribution in [1.82, 2.24) is 9.97 Å². The summed E-state index contributed by atoms with van der Waals surface area (Å²) in [6.07, 6.45) is 0. The monoisotopic (exact) mass is 766 g/mol. The van der Waals surface area contributed by atoms with E-state index in [9.17, 15) is 0 Å². The largest absolute Gasteiger partial charge is 0.436 e. The molecule has 60 heavy (non-hydrogen) atoms. The molecule has 11 aromatic rings. The van der Waals surface area contributed by atoms with Gasteiger partial charge in [0.25, 0.3) is 0 Å². The molecule has 0 atom stereocenters. The van der Waals surface area contributed by atoms with Gasteiger partial charge in [0, 0.05) is 16.7 Å². The Hall–Kier alpha value is -7.88. The summed E-state index contributed by atoms with van der Waals surface area (Å²) >= 11 is 0. The summed E-state index contributed by atoms with van der Waals surface area (Å²) in [6, 6.07) is 75.2. The normalized spacial score (nSPS) is 11.4. The van der Waals surface area contributed by atoms with E-state index < -0.39 is 0 Å². The summed E-state index contributed by atoms with van der Waals surface area (Å²) in [5.41, 5.74) is 17.2. The Morgan fingerprint density at radius 1 is 0.367 bits per heavy atom.